The summed E-state index contributed by atoms with van der Waals surface area (Å²) in [6.07, 6.45) is 7.65. The Kier molecular flexibility index (Phi) is 5.91. The Morgan fingerprint density at radius 2 is 2.05 bits per heavy atom. The van der Waals surface area contributed by atoms with Crippen LogP contribution in [-0.4, -0.2) is 49.3 Å². The van der Waals surface area contributed by atoms with E-state index in [0.29, 0.717) is 11.6 Å². The molecule has 3 heterocycles. The van der Waals surface area contributed by atoms with Crippen LogP contribution in [-0.2, 0) is 11.2 Å². The maximum Gasteiger partial charge on any atom is 0.0484 e. The van der Waals surface area contributed by atoms with Gasteiger partial charge in [0.15, 0.2) is 0 Å². The lowest BCUT2D eigenvalue weighted by Crippen LogP contribution is -2.60. The van der Waals surface area contributed by atoms with Gasteiger partial charge >= 0.3 is 0 Å². The third kappa shape index (κ3) is 4.10. The number of ether oxygens (including phenoxy) is 1. The lowest BCUT2D eigenvalue weighted by molar-refractivity contribution is -0.0366. The smallest absolute Gasteiger partial charge is 0.0484 e. The van der Waals surface area contributed by atoms with Crippen LogP contribution in [0.5, 0.6) is 0 Å². The van der Waals surface area contributed by atoms with E-state index in [1.807, 2.05) is 0 Å². The topological polar surface area (TPSA) is 24.5 Å². The van der Waals surface area contributed by atoms with Crippen LogP contribution in [0.4, 0.5) is 0 Å². The minimum atomic E-state index is 0.335. The molecule has 0 radical (unpaired) electrons. The summed E-state index contributed by atoms with van der Waals surface area (Å²) in [4.78, 5) is 2.77. The molecule has 1 atom stereocenters. The van der Waals surface area contributed by atoms with E-state index < -0.39 is 0 Å². The maximum atomic E-state index is 5.65. The molecular weight excluding hydrogens is 292 g/mol. The highest BCUT2D eigenvalue weighted by molar-refractivity contribution is 7.07. The second kappa shape index (κ2) is 7.91. The molecule has 0 spiro atoms. The number of hydrogen-bond donors (Lipinski definition) is 1. The Balaban J connectivity index is 1.57. The van der Waals surface area contributed by atoms with Crippen LogP contribution in [0.1, 0.15) is 44.6 Å². The van der Waals surface area contributed by atoms with Gasteiger partial charge in [-0.25, -0.2) is 0 Å². The molecule has 2 aliphatic heterocycles. The fourth-order valence-corrected chi connectivity index (χ4v) is 4.60. The first kappa shape index (κ1) is 16.4. The molecule has 3 nitrogen and oxygen atoms in total. The monoisotopic (exact) mass is 322 g/mol. The molecule has 1 aromatic rings. The summed E-state index contributed by atoms with van der Waals surface area (Å²) in [7, 11) is 0. The molecule has 0 aliphatic carbocycles. The van der Waals surface area contributed by atoms with Gasteiger partial charge in [0, 0.05) is 31.3 Å². The van der Waals surface area contributed by atoms with Gasteiger partial charge in [0.2, 0.25) is 0 Å². The van der Waals surface area contributed by atoms with Crippen molar-refractivity contribution in [3.63, 3.8) is 0 Å². The summed E-state index contributed by atoms with van der Waals surface area (Å²) in [6, 6.07) is 2.79. The second-order valence-electron chi connectivity index (χ2n) is 7.00. The van der Waals surface area contributed by atoms with Crippen LogP contribution in [0.15, 0.2) is 16.8 Å². The average Bonchev–Trinajstić information content (AvgIpc) is 3.08. The highest BCUT2D eigenvalue weighted by Crippen LogP contribution is 2.30. The van der Waals surface area contributed by atoms with Gasteiger partial charge in [-0.05, 0) is 74.5 Å². The van der Waals surface area contributed by atoms with Gasteiger partial charge in [-0.1, -0.05) is 6.42 Å². The zero-order valence-electron chi connectivity index (χ0n) is 13.9. The van der Waals surface area contributed by atoms with Crippen molar-refractivity contribution in [1.82, 2.24) is 10.2 Å². The van der Waals surface area contributed by atoms with Crippen LogP contribution >= 0.6 is 11.3 Å². The summed E-state index contributed by atoms with van der Waals surface area (Å²) >= 11 is 1.80. The van der Waals surface area contributed by atoms with Gasteiger partial charge in [-0.2, -0.15) is 11.3 Å². The van der Waals surface area contributed by atoms with Crippen molar-refractivity contribution < 1.29 is 4.74 Å². The zero-order valence-corrected chi connectivity index (χ0v) is 14.7. The number of likely N-dealkylation sites (tertiary alicyclic amines) is 1. The van der Waals surface area contributed by atoms with E-state index in [-0.39, 0.29) is 0 Å². The van der Waals surface area contributed by atoms with E-state index in [4.69, 9.17) is 4.74 Å². The highest BCUT2D eigenvalue weighted by Gasteiger charge is 2.38. The first-order chi connectivity index (χ1) is 10.8. The van der Waals surface area contributed by atoms with E-state index in [1.165, 1.54) is 50.8 Å². The van der Waals surface area contributed by atoms with Gasteiger partial charge in [0.05, 0.1) is 0 Å². The van der Waals surface area contributed by atoms with Crippen LogP contribution in [0, 0.1) is 0 Å². The lowest BCUT2D eigenvalue weighted by Gasteiger charge is -2.48. The Hall–Kier alpha value is -0.420. The van der Waals surface area contributed by atoms with Crippen molar-refractivity contribution in [2.24, 2.45) is 0 Å². The van der Waals surface area contributed by atoms with E-state index in [1.54, 1.807) is 11.3 Å². The summed E-state index contributed by atoms with van der Waals surface area (Å²) in [6.45, 7) is 7.85. The summed E-state index contributed by atoms with van der Waals surface area (Å²) in [5.41, 5.74) is 1.80. The Morgan fingerprint density at radius 3 is 2.73 bits per heavy atom. The second-order valence-corrected chi connectivity index (χ2v) is 7.78. The van der Waals surface area contributed by atoms with Crippen molar-refractivity contribution in [2.45, 2.75) is 57.0 Å². The molecule has 3 rings (SSSR count). The molecule has 1 N–H and O–H groups in total. The van der Waals surface area contributed by atoms with E-state index in [0.717, 1.165) is 26.2 Å². The molecule has 124 valence electrons. The minimum Gasteiger partial charge on any atom is -0.381 e. The van der Waals surface area contributed by atoms with Crippen molar-refractivity contribution in [2.75, 3.05) is 32.8 Å². The van der Waals surface area contributed by atoms with Crippen molar-refractivity contribution >= 4 is 11.3 Å². The fourth-order valence-electron chi connectivity index (χ4n) is 3.92. The Morgan fingerprint density at radius 1 is 1.27 bits per heavy atom. The van der Waals surface area contributed by atoms with Crippen molar-refractivity contribution in [3.05, 3.63) is 22.4 Å². The maximum absolute atomic E-state index is 5.65. The third-order valence-electron chi connectivity index (χ3n) is 5.35. The number of rotatable bonds is 6. The molecule has 2 fully saturated rings. The molecular formula is C18H30N2OS. The van der Waals surface area contributed by atoms with Crippen molar-refractivity contribution in [1.29, 1.82) is 0 Å². The predicted molar refractivity (Wildman–Crippen MR) is 93.7 cm³/mol. The fraction of sp³-hybridized carbons (Fsp3) is 0.778. The standard InChI is InChI=1S/C18H30N2OS/c1-16(13-17-5-12-22-14-17)19-15-18(6-10-21-11-7-18)20-8-3-2-4-9-20/h5,12,14,16,19H,2-4,6-11,13,15H2,1H3. The lowest BCUT2D eigenvalue weighted by atomic mass is 9.85. The minimum absolute atomic E-state index is 0.335. The highest BCUT2D eigenvalue weighted by atomic mass is 32.1. The number of piperidine rings is 1. The van der Waals surface area contributed by atoms with Crippen LogP contribution < -0.4 is 5.32 Å². The average molecular weight is 323 g/mol. The third-order valence-corrected chi connectivity index (χ3v) is 6.08. The molecule has 0 bridgehead atoms. The predicted octanol–water partition coefficient (Wildman–Crippen LogP) is 3.30. The quantitative estimate of drug-likeness (QED) is 0.870. The summed E-state index contributed by atoms with van der Waals surface area (Å²) in [5.74, 6) is 0. The van der Waals surface area contributed by atoms with Crippen LogP contribution in [0.2, 0.25) is 0 Å². The molecule has 0 saturated carbocycles. The zero-order chi connectivity index (χ0) is 15.3. The van der Waals surface area contributed by atoms with Gasteiger partial charge in [0.25, 0.3) is 0 Å². The largest absolute Gasteiger partial charge is 0.381 e. The molecule has 1 aromatic heterocycles. The van der Waals surface area contributed by atoms with Gasteiger partial charge in [-0.15, -0.1) is 0 Å². The molecule has 22 heavy (non-hydrogen) atoms. The Labute approximate surface area is 139 Å². The van der Waals surface area contributed by atoms with Crippen molar-refractivity contribution in [3.8, 4) is 0 Å². The molecule has 0 amide bonds. The molecule has 2 aliphatic rings. The number of thiophene rings is 1. The molecule has 4 heteroatoms. The first-order valence-electron chi connectivity index (χ1n) is 8.86. The van der Waals surface area contributed by atoms with E-state index >= 15 is 0 Å². The van der Waals surface area contributed by atoms with Gasteiger partial charge in [-0.3, -0.25) is 4.90 Å². The first-order valence-corrected chi connectivity index (χ1v) is 9.80. The Bertz CT molecular complexity index is 422. The van der Waals surface area contributed by atoms with E-state index in [2.05, 4.69) is 34.0 Å². The SMILES string of the molecule is CC(Cc1ccsc1)NCC1(N2CCCCC2)CCOCC1. The van der Waals surface area contributed by atoms with Gasteiger partial charge < -0.3 is 10.1 Å². The van der Waals surface area contributed by atoms with Crippen LogP contribution in [0.3, 0.4) is 0 Å². The molecule has 0 aromatic carbocycles. The number of nitrogens with zero attached hydrogens (tertiary/aromatic N) is 1. The van der Waals surface area contributed by atoms with Gasteiger partial charge in [0.1, 0.15) is 0 Å². The van der Waals surface area contributed by atoms with E-state index in [9.17, 15) is 0 Å². The normalized spacial score (nSPS) is 24.2. The number of nitrogens with one attached hydrogen (secondary N) is 1. The van der Waals surface area contributed by atoms with Crippen LogP contribution in [0.25, 0.3) is 0 Å². The summed E-state index contributed by atoms with van der Waals surface area (Å²) < 4.78 is 5.65. The molecule has 2 saturated heterocycles. The summed E-state index contributed by atoms with van der Waals surface area (Å²) in [5, 5.41) is 8.28. The molecule has 1 unspecified atom stereocenters. The number of hydrogen-bond acceptors (Lipinski definition) is 4.